The maximum absolute atomic E-state index is 5.17. The van der Waals surface area contributed by atoms with Gasteiger partial charge in [-0.15, -0.1) is 5.54 Å². The van der Waals surface area contributed by atoms with Crippen LogP contribution in [0.5, 0.6) is 0 Å². The molecule has 2 aromatic carbocycles. The molecule has 7 rings (SSSR count). The molecule has 0 unspecified atom stereocenters. The molecule has 1 saturated heterocycles. The maximum atomic E-state index is 5.17. The maximum Gasteiger partial charge on any atom is 0.174 e. The molecule has 0 amide bonds. The third-order valence-electron chi connectivity index (χ3n) is 8.15. The molecule has 9 heteroatoms. The van der Waals surface area contributed by atoms with E-state index in [9.17, 15) is 0 Å². The summed E-state index contributed by atoms with van der Waals surface area (Å²) in [5, 5.41) is 12.2. The standard InChI is InChI=1S/C36H36N8Si/c1-45(2,3)22-18-30-23-38-44-25-31(27-9-5-4-6-10-27)33(39-36(30)44)28-14-12-26(13-15-28)24-43-20-16-29(17-21-43)34-40-35(42-41-34)32-11-7-8-19-37-32/h4-15,19,23,25,29H,16-17,20-21,24H2,1-3H3,(H,40,41,42). The van der Waals surface area contributed by atoms with E-state index in [1.54, 1.807) is 6.20 Å². The van der Waals surface area contributed by atoms with Gasteiger partial charge >= 0.3 is 0 Å². The van der Waals surface area contributed by atoms with Gasteiger partial charge in [-0.25, -0.2) is 14.5 Å². The summed E-state index contributed by atoms with van der Waals surface area (Å²) >= 11 is 0. The molecule has 5 heterocycles. The minimum absolute atomic E-state index is 0.360. The van der Waals surface area contributed by atoms with Crippen molar-refractivity contribution in [1.29, 1.82) is 0 Å². The monoisotopic (exact) mass is 608 g/mol. The predicted octanol–water partition coefficient (Wildman–Crippen LogP) is 6.85. The van der Waals surface area contributed by atoms with E-state index in [-0.39, 0.29) is 0 Å². The summed E-state index contributed by atoms with van der Waals surface area (Å²) in [7, 11) is -1.54. The lowest BCUT2D eigenvalue weighted by Gasteiger charge is -2.30. The Morgan fingerprint density at radius 3 is 2.40 bits per heavy atom. The van der Waals surface area contributed by atoms with Crippen LogP contribution in [0.25, 0.3) is 39.5 Å². The first kappa shape index (κ1) is 28.8. The molecule has 0 bridgehead atoms. The highest BCUT2D eigenvalue weighted by atomic mass is 28.3. The number of aromatic nitrogens is 7. The Balaban J connectivity index is 1.08. The molecule has 0 aliphatic carbocycles. The van der Waals surface area contributed by atoms with Crippen LogP contribution in [0.3, 0.4) is 0 Å². The highest BCUT2D eigenvalue weighted by molar-refractivity contribution is 6.83. The van der Waals surface area contributed by atoms with Crippen LogP contribution >= 0.6 is 0 Å². The number of nitrogens with one attached hydrogen (secondary N) is 1. The van der Waals surface area contributed by atoms with Crippen LogP contribution in [0.2, 0.25) is 19.6 Å². The molecule has 0 atom stereocenters. The quantitative estimate of drug-likeness (QED) is 0.164. The zero-order chi connectivity index (χ0) is 30.8. The van der Waals surface area contributed by atoms with Gasteiger partial charge in [0, 0.05) is 36.0 Å². The Morgan fingerprint density at radius 2 is 1.67 bits per heavy atom. The van der Waals surface area contributed by atoms with Crippen LogP contribution in [0, 0.1) is 11.5 Å². The van der Waals surface area contributed by atoms with Crippen molar-refractivity contribution in [2.24, 2.45) is 0 Å². The van der Waals surface area contributed by atoms with E-state index in [0.29, 0.717) is 5.92 Å². The van der Waals surface area contributed by atoms with Gasteiger partial charge in [0.1, 0.15) is 13.8 Å². The number of hydrogen-bond acceptors (Lipinski definition) is 6. The Bertz CT molecular complexity index is 1970. The van der Waals surface area contributed by atoms with Crippen LogP contribution in [0.4, 0.5) is 0 Å². The van der Waals surface area contributed by atoms with Crippen molar-refractivity contribution in [1.82, 2.24) is 39.7 Å². The second-order valence-corrected chi connectivity index (χ2v) is 17.5. The molecule has 1 aliphatic heterocycles. The minimum atomic E-state index is -1.54. The van der Waals surface area contributed by atoms with E-state index >= 15 is 0 Å². The zero-order valence-corrected chi connectivity index (χ0v) is 26.9. The smallest absolute Gasteiger partial charge is 0.174 e. The first-order valence-corrected chi connectivity index (χ1v) is 19.0. The van der Waals surface area contributed by atoms with Crippen LogP contribution in [-0.4, -0.2) is 60.8 Å². The molecule has 4 aromatic heterocycles. The number of fused-ring (bicyclic) bond motifs is 1. The molecule has 1 N–H and O–H groups in total. The first-order valence-electron chi connectivity index (χ1n) is 15.5. The van der Waals surface area contributed by atoms with E-state index < -0.39 is 8.07 Å². The van der Waals surface area contributed by atoms with Gasteiger partial charge in [0.05, 0.1) is 17.5 Å². The van der Waals surface area contributed by atoms with Gasteiger partial charge in [-0.1, -0.05) is 86.2 Å². The second-order valence-electron chi connectivity index (χ2n) is 12.7. The fourth-order valence-electron chi connectivity index (χ4n) is 5.75. The summed E-state index contributed by atoms with van der Waals surface area (Å²) in [6, 6.07) is 25.1. The van der Waals surface area contributed by atoms with Crippen molar-refractivity contribution in [3.63, 3.8) is 0 Å². The Morgan fingerprint density at radius 1 is 0.889 bits per heavy atom. The fraction of sp³-hybridized carbons (Fsp3) is 0.250. The molecule has 8 nitrogen and oxygen atoms in total. The van der Waals surface area contributed by atoms with Crippen LogP contribution < -0.4 is 0 Å². The Labute approximate surface area is 264 Å². The van der Waals surface area contributed by atoms with Crippen LogP contribution in [0.1, 0.15) is 35.7 Å². The second kappa shape index (κ2) is 12.2. The summed E-state index contributed by atoms with van der Waals surface area (Å²) in [5.41, 5.74) is 11.4. The van der Waals surface area contributed by atoms with Gasteiger partial charge < -0.3 is 0 Å². The number of hydrogen-bond donors (Lipinski definition) is 1. The first-order chi connectivity index (χ1) is 21.9. The molecule has 6 aromatic rings. The van der Waals surface area contributed by atoms with Gasteiger partial charge in [-0.05, 0) is 49.2 Å². The largest absolute Gasteiger partial charge is 0.299 e. The summed E-state index contributed by atoms with van der Waals surface area (Å²) < 4.78 is 1.86. The zero-order valence-electron chi connectivity index (χ0n) is 25.9. The number of likely N-dealkylation sites (tertiary alicyclic amines) is 1. The third kappa shape index (κ3) is 6.48. The van der Waals surface area contributed by atoms with E-state index in [0.717, 1.165) is 83.4 Å². The summed E-state index contributed by atoms with van der Waals surface area (Å²) in [6.07, 6.45) is 7.77. The number of piperidine rings is 1. The molecular weight excluding hydrogens is 573 g/mol. The van der Waals surface area contributed by atoms with E-state index in [1.807, 2.05) is 35.0 Å². The number of nitrogens with zero attached hydrogens (tertiary/aromatic N) is 7. The topological polar surface area (TPSA) is 87.9 Å². The molecule has 0 spiro atoms. The van der Waals surface area contributed by atoms with Gasteiger partial charge in [0.15, 0.2) is 17.3 Å². The summed E-state index contributed by atoms with van der Waals surface area (Å²) in [5.74, 6) is 5.36. The SMILES string of the molecule is C[Si](C)(C)C#Cc1cnn2cc(-c3ccccc3)c(-c3ccc(CN4CCC(c5n[nH]c(-c6ccccn6)n5)CC4)cc3)nc12. The normalized spacial score (nSPS) is 14.4. The molecule has 224 valence electrons. The Hall–Kier alpha value is -4.91. The molecule has 1 aliphatic rings. The van der Waals surface area contributed by atoms with E-state index in [1.165, 1.54) is 5.56 Å². The van der Waals surface area contributed by atoms with Crippen LogP contribution in [-0.2, 0) is 6.54 Å². The summed E-state index contributed by atoms with van der Waals surface area (Å²) in [6.45, 7) is 9.68. The van der Waals surface area contributed by atoms with Crippen molar-refractivity contribution in [2.75, 3.05) is 13.1 Å². The van der Waals surface area contributed by atoms with Crippen molar-refractivity contribution < 1.29 is 0 Å². The van der Waals surface area contributed by atoms with Crippen molar-refractivity contribution in [3.8, 4) is 45.4 Å². The number of aromatic amines is 1. The lowest BCUT2D eigenvalue weighted by atomic mass is 9.95. The number of rotatable bonds is 6. The molecule has 45 heavy (non-hydrogen) atoms. The predicted molar refractivity (Wildman–Crippen MR) is 181 cm³/mol. The molecule has 0 radical (unpaired) electrons. The van der Waals surface area contributed by atoms with E-state index in [4.69, 9.17) is 9.97 Å². The Kier molecular flexibility index (Phi) is 7.84. The molecule has 1 fully saturated rings. The average molecular weight is 609 g/mol. The van der Waals surface area contributed by atoms with Gasteiger partial charge in [0.2, 0.25) is 0 Å². The fourth-order valence-corrected chi connectivity index (χ4v) is 6.26. The summed E-state index contributed by atoms with van der Waals surface area (Å²) in [4.78, 5) is 16.8. The van der Waals surface area contributed by atoms with Crippen molar-refractivity contribution in [2.45, 2.75) is 44.9 Å². The van der Waals surface area contributed by atoms with E-state index in [2.05, 4.69) is 111 Å². The lowest BCUT2D eigenvalue weighted by molar-refractivity contribution is 0.202. The van der Waals surface area contributed by atoms with Gasteiger partial charge in [-0.3, -0.25) is 15.0 Å². The number of benzene rings is 2. The minimum Gasteiger partial charge on any atom is -0.299 e. The highest BCUT2D eigenvalue weighted by Crippen LogP contribution is 2.32. The number of pyridine rings is 1. The molecular formula is C36H36N8Si. The highest BCUT2D eigenvalue weighted by Gasteiger charge is 2.24. The van der Waals surface area contributed by atoms with Crippen molar-refractivity contribution >= 4 is 13.7 Å². The van der Waals surface area contributed by atoms with Crippen molar-refractivity contribution in [3.05, 3.63) is 108 Å². The lowest BCUT2D eigenvalue weighted by Crippen LogP contribution is -2.32. The average Bonchev–Trinajstić information content (AvgIpc) is 3.72. The molecule has 0 saturated carbocycles. The van der Waals surface area contributed by atoms with Gasteiger partial charge in [0.25, 0.3) is 0 Å². The number of H-pyrrole nitrogens is 1. The third-order valence-corrected chi connectivity index (χ3v) is 9.02. The van der Waals surface area contributed by atoms with Crippen LogP contribution in [0.15, 0.2) is 91.4 Å². The van der Waals surface area contributed by atoms with Gasteiger partial charge in [-0.2, -0.15) is 10.2 Å².